The van der Waals surface area contributed by atoms with Gasteiger partial charge < -0.3 is 32.9 Å². The number of ether oxygens (including phenoxy) is 4. The molecule has 0 spiro atoms. The highest BCUT2D eigenvalue weighted by molar-refractivity contribution is 7.44. The molecule has 7 rings (SSSR count). The van der Waals surface area contributed by atoms with E-state index < -0.39 is 49.4 Å². The minimum Gasteiger partial charge on any atom is -0.497 e. The fraction of sp³-hybridized carbons (Fsp3) is 0.432. The van der Waals surface area contributed by atoms with E-state index in [-0.39, 0.29) is 38.3 Å². The van der Waals surface area contributed by atoms with Gasteiger partial charge in [0.25, 0.3) is 14.1 Å². The smallest absolute Gasteiger partial charge is 0.330 e. The second-order valence-electron chi connectivity index (χ2n) is 15.7. The number of aromatic amines is 1. The predicted octanol–water partition coefficient (Wildman–Crippen LogP) is 6.85. The van der Waals surface area contributed by atoms with Crippen molar-refractivity contribution in [3.05, 3.63) is 134 Å². The monoisotopic (exact) mass is 869 g/mol. The van der Waals surface area contributed by atoms with E-state index in [0.29, 0.717) is 28.0 Å². The van der Waals surface area contributed by atoms with Gasteiger partial charge in [-0.2, -0.15) is 9.64 Å². The first kappa shape index (κ1) is 44.1. The van der Waals surface area contributed by atoms with E-state index in [1.54, 1.807) is 21.1 Å². The van der Waals surface area contributed by atoms with Crippen LogP contribution in [0.15, 0.2) is 94.6 Å². The number of rotatable bonds is 18. The van der Waals surface area contributed by atoms with Crippen LogP contribution in [0.5, 0.6) is 11.5 Å². The van der Waals surface area contributed by atoms with Crippen molar-refractivity contribution in [2.24, 2.45) is 0 Å². The third kappa shape index (κ3) is 8.61. The lowest BCUT2D eigenvalue weighted by Gasteiger charge is -2.42. The molecule has 2 aliphatic heterocycles. The Hall–Kier alpha value is -4.98. The summed E-state index contributed by atoms with van der Waals surface area (Å²) in [6.07, 6.45) is -0.107. The van der Waals surface area contributed by atoms with Gasteiger partial charge in [-0.25, -0.2) is 14.4 Å². The van der Waals surface area contributed by atoms with Crippen LogP contribution in [0.3, 0.4) is 0 Å². The molecule has 15 nitrogen and oxygen atoms in total. The minimum atomic E-state index is -1.83. The van der Waals surface area contributed by atoms with Gasteiger partial charge in [0.1, 0.15) is 40.7 Å². The number of nitrogens with one attached hydrogen (secondary N) is 1. The molecule has 2 fully saturated rings. The highest BCUT2D eigenvalue weighted by Crippen LogP contribution is 2.57. The number of nitrogens with zero attached hydrogens (tertiary/aromatic N) is 6. The van der Waals surface area contributed by atoms with Gasteiger partial charge in [-0.1, -0.05) is 54.6 Å². The molecule has 1 unspecified atom stereocenters. The van der Waals surface area contributed by atoms with E-state index >= 15 is 0 Å². The van der Waals surface area contributed by atoms with Gasteiger partial charge in [-0.3, -0.25) is 14.3 Å². The van der Waals surface area contributed by atoms with Gasteiger partial charge in [0.05, 0.1) is 46.5 Å². The van der Waals surface area contributed by atoms with Crippen molar-refractivity contribution in [3.8, 4) is 17.6 Å². The topological polar surface area (TPSA) is 166 Å². The fourth-order valence-electron chi connectivity index (χ4n) is 8.29. The minimum absolute atomic E-state index is 0.00146. The van der Waals surface area contributed by atoms with Crippen molar-refractivity contribution < 1.29 is 28.0 Å². The summed E-state index contributed by atoms with van der Waals surface area (Å²) >= 11 is 1.24. The van der Waals surface area contributed by atoms with Crippen molar-refractivity contribution in [1.29, 1.82) is 5.26 Å². The van der Waals surface area contributed by atoms with Crippen LogP contribution in [0.25, 0.3) is 0 Å². The number of aryl methyl sites for hydroxylation is 2. The Morgan fingerprint density at radius 2 is 1.57 bits per heavy atom. The molecule has 1 N–H and O–H groups in total. The Balaban J connectivity index is 1.44. The number of methoxy groups -OCH3 is 2. The Morgan fingerprint density at radius 3 is 2.11 bits per heavy atom. The van der Waals surface area contributed by atoms with E-state index in [4.69, 9.17) is 33.0 Å². The normalized spacial score (nSPS) is 20.4. The largest absolute Gasteiger partial charge is 0.497 e. The van der Waals surface area contributed by atoms with Crippen LogP contribution < -0.4 is 25.6 Å². The number of benzene rings is 3. The van der Waals surface area contributed by atoms with Gasteiger partial charge in [0.15, 0.2) is 6.23 Å². The fourth-order valence-corrected chi connectivity index (χ4v) is 10.8. The molecule has 322 valence electrons. The van der Waals surface area contributed by atoms with Gasteiger partial charge in [0, 0.05) is 35.4 Å². The number of anilines is 1. The average Bonchev–Trinajstić information content (AvgIpc) is 3.92. The summed E-state index contributed by atoms with van der Waals surface area (Å²) in [5, 5.41) is 10.1. The molecule has 0 radical (unpaired) electrons. The lowest BCUT2D eigenvalue weighted by molar-refractivity contribution is -0.157. The summed E-state index contributed by atoms with van der Waals surface area (Å²) < 4.78 is 47.9. The highest BCUT2D eigenvalue weighted by Gasteiger charge is 2.68. The van der Waals surface area contributed by atoms with Crippen molar-refractivity contribution in [2.75, 3.05) is 38.9 Å². The van der Waals surface area contributed by atoms with E-state index in [0.717, 1.165) is 16.7 Å². The SMILES string of the molecule is COc1ccc(C(OC[C@@]23CN(c4nc(C)ns4)[C@@H]([C@H](n4cc(C)c(=O)[nH]c4=O)O2)[C@@H]3OP(OCCC#N)N(C(C)C)C(C)C)(c2ccccc2)c2ccc(OC)cc2)cc1. The van der Waals surface area contributed by atoms with Gasteiger partial charge in [0.2, 0.25) is 5.13 Å². The lowest BCUT2D eigenvalue weighted by Crippen LogP contribution is -2.52. The number of aromatic nitrogens is 4. The van der Waals surface area contributed by atoms with Crippen LogP contribution in [0.2, 0.25) is 0 Å². The molecule has 5 atom stereocenters. The van der Waals surface area contributed by atoms with E-state index in [2.05, 4.69) is 52.7 Å². The zero-order valence-electron chi connectivity index (χ0n) is 35.6. The third-order valence-electron chi connectivity index (χ3n) is 11.0. The van der Waals surface area contributed by atoms with Crippen molar-refractivity contribution in [3.63, 3.8) is 0 Å². The van der Waals surface area contributed by atoms with Crippen LogP contribution in [0, 0.1) is 25.2 Å². The second kappa shape index (κ2) is 18.6. The molecule has 2 saturated heterocycles. The van der Waals surface area contributed by atoms with Crippen molar-refractivity contribution in [1.82, 2.24) is 23.6 Å². The molecule has 4 heterocycles. The zero-order valence-corrected chi connectivity index (χ0v) is 37.3. The lowest BCUT2D eigenvalue weighted by atomic mass is 9.79. The maximum absolute atomic E-state index is 13.8. The highest BCUT2D eigenvalue weighted by atomic mass is 32.1. The summed E-state index contributed by atoms with van der Waals surface area (Å²) in [6.45, 7) is 12.1. The second-order valence-corrected chi connectivity index (χ2v) is 17.8. The van der Waals surface area contributed by atoms with E-state index in [9.17, 15) is 14.9 Å². The molecule has 61 heavy (non-hydrogen) atoms. The van der Waals surface area contributed by atoms with Gasteiger partial charge in [-0.15, -0.1) is 0 Å². The van der Waals surface area contributed by atoms with Crippen LogP contribution in [-0.2, 0) is 24.1 Å². The number of H-pyrrole nitrogens is 1. The first-order valence-corrected chi connectivity index (χ1v) is 22.1. The first-order chi connectivity index (χ1) is 29.3. The van der Waals surface area contributed by atoms with Crippen molar-refractivity contribution >= 4 is 25.2 Å². The molecular formula is C44H52N7O8PS. The summed E-state index contributed by atoms with van der Waals surface area (Å²) in [7, 11) is 1.43. The van der Waals surface area contributed by atoms with E-state index in [1.165, 1.54) is 22.3 Å². The van der Waals surface area contributed by atoms with Crippen LogP contribution in [0.1, 0.15) is 68.4 Å². The maximum Gasteiger partial charge on any atom is 0.330 e. The van der Waals surface area contributed by atoms with Crippen LogP contribution >= 0.6 is 20.1 Å². The molecule has 0 saturated carbocycles. The number of hydrogen-bond donors (Lipinski definition) is 1. The molecule has 2 bridgehead atoms. The predicted molar refractivity (Wildman–Crippen MR) is 233 cm³/mol. The Morgan fingerprint density at radius 1 is 0.967 bits per heavy atom. The van der Waals surface area contributed by atoms with Crippen LogP contribution in [-0.4, -0.2) is 87.4 Å². The number of fused-ring (bicyclic) bond motifs is 2. The van der Waals surface area contributed by atoms with Gasteiger partial charge >= 0.3 is 5.69 Å². The Labute approximate surface area is 360 Å². The quantitative estimate of drug-likeness (QED) is 0.0553. The molecule has 2 aromatic heterocycles. The summed E-state index contributed by atoms with van der Waals surface area (Å²) in [4.78, 5) is 35.9. The zero-order chi connectivity index (χ0) is 43.5. The summed E-state index contributed by atoms with van der Waals surface area (Å²) in [6, 6.07) is 27.0. The van der Waals surface area contributed by atoms with Crippen molar-refractivity contribution in [2.45, 2.75) is 89.6 Å². The molecule has 17 heteroatoms. The Bertz CT molecular complexity index is 2370. The number of morpholine rings is 1. The molecule has 3 aromatic carbocycles. The Kier molecular flexibility index (Phi) is 13.4. The molecule has 2 aliphatic rings. The molecular weight excluding hydrogens is 818 g/mol. The standard InChI is InChI=1S/C44H52N7O8PS/c1-28(2)51(29(3)4)60(57-24-12-23-45)59-38-37-40(49-25-30(5)39(52)47-41(49)53)58-43(38,26-50(37)42-46-31(6)48-61-42)27-56-44(32-13-10-9-11-14-32,33-15-19-35(54-7)20-16-33)34-17-21-36(55-8)22-18-34/h9-11,13-22,25,28-29,37-38,40H,12,24,26-27H2,1-8H3,(H,47,52,53)/t37-,38+,40-,43-,60?/m1/s1. The van der Waals surface area contributed by atoms with E-state index in [1.807, 2.05) is 85.8 Å². The third-order valence-corrected chi connectivity index (χ3v) is 14.0. The molecule has 0 amide bonds. The first-order valence-electron chi connectivity index (χ1n) is 20.2. The molecule has 5 aromatic rings. The van der Waals surface area contributed by atoms with Gasteiger partial charge in [-0.05, 0) is 82.5 Å². The van der Waals surface area contributed by atoms with Crippen LogP contribution in [0.4, 0.5) is 5.13 Å². The molecule has 0 aliphatic carbocycles. The summed E-state index contributed by atoms with van der Waals surface area (Å²) in [5.74, 6) is 1.96. The average molecular weight is 870 g/mol. The maximum atomic E-state index is 13.8. The number of hydrogen-bond acceptors (Lipinski definition) is 14. The summed E-state index contributed by atoms with van der Waals surface area (Å²) in [5.41, 5.74) is -0.829. The number of nitriles is 1.